The summed E-state index contributed by atoms with van der Waals surface area (Å²) in [7, 11) is 0. The molecule has 41 heavy (non-hydrogen) atoms. The van der Waals surface area contributed by atoms with E-state index in [4.69, 9.17) is 0 Å². The molecule has 4 heteroatoms. The molecule has 2 aromatic carbocycles. The summed E-state index contributed by atoms with van der Waals surface area (Å²) in [6.07, 6.45) is 16.1. The first-order chi connectivity index (χ1) is 19.9. The highest BCUT2D eigenvalue weighted by Gasteiger charge is 2.56. The van der Waals surface area contributed by atoms with Gasteiger partial charge in [-0.3, -0.25) is 4.79 Å². The number of nitrogens with one attached hydrogen (secondary N) is 1. The monoisotopic (exact) mass is 559 g/mol. The number of amides is 1. The van der Waals surface area contributed by atoms with Crippen LogP contribution in [0.15, 0.2) is 42.5 Å². The minimum atomic E-state index is -0.150. The van der Waals surface area contributed by atoms with E-state index in [2.05, 4.69) is 49.5 Å². The molecule has 3 aliphatic carbocycles. The fourth-order valence-electron chi connectivity index (χ4n) is 8.77. The van der Waals surface area contributed by atoms with Gasteiger partial charge in [-0.25, -0.2) is 0 Å². The maximum absolute atomic E-state index is 12.2. The van der Waals surface area contributed by atoms with Crippen molar-refractivity contribution in [3.05, 3.63) is 64.7 Å². The van der Waals surface area contributed by atoms with E-state index in [1.807, 2.05) is 12.1 Å². The Morgan fingerprint density at radius 2 is 1.73 bits per heavy atom. The predicted octanol–water partition coefficient (Wildman–Crippen LogP) is 7.88. The standard InChI is InChI=1S/C37H53NO3/c1-3-4-5-8-23-38-35(41)20-15-27-13-11-26(12-14-27)9-6-7-10-28-24-29-25-30(39)16-17-31(29)32-21-22-37(2)33(36(28)32)18-19-34(37)40/h11-14,16-17,25,28,32-34,36,39-40H,3-10,15,18-24H2,1-2H3,(H,38,41)/t28-,32?,33?,34+,36?,37+/m1/s1. The minimum absolute atomic E-state index is 0.0743. The number of hydrogen-bond donors (Lipinski definition) is 3. The van der Waals surface area contributed by atoms with Gasteiger partial charge in [-0.2, -0.15) is 0 Å². The lowest BCUT2D eigenvalue weighted by atomic mass is 9.52. The van der Waals surface area contributed by atoms with E-state index < -0.39 is 0 Å². The number of unbranched alkanes of at least 4 members (excludes halogenated alkanes) is 4. The van der Waals surface area contributed by atoms with Gasteiger partial charge < -0.3 is 15.5 Å². The number of aromatic hydroxyl groups is 1. The number of benzene rings is 2. The second-order valence-corrected chi connectivity index (χ2v) is 13.7. The minimum Gasteiger partial charge on any atom is -0.508 e. The number of hydrogen-bond acceptors (Lipinski definition) is 3. The van der Waals surface area contributed by atoms with Crippen LogP contribution in [0.3, 0.4) is 0 Å². The van der Waals surface area contributed by atoms with E-state index >= 15 is 0 Å². The van der Waals surface area contributed by atoms with Crippen molar-refractivity contribution >= 4 is 5.91 Å². The van der Waals surface area contributed by atoms with Crippen molar-refractivity contribution in [3.8, 4) is 5.75 Å². The summed E-state index contributed by atoms with van der Waals surface area (Å²) in [6.45, 7) is 5.37. The summed E-state index contributed by atoms with van der Waals surface area (Å²) in [6, 6.07) is 15.0. The molecule has 4 nitrogen and oxygen atoms in total. The smallest absolute Gasteiger partial charge is 0.220 e. The number of phenols is 1. The molecular weight excluding hydrogens is 506 g/mol. The lowest BCUT2D eigenvalue weighted by Crippen LogP contribution is -2.47. The highest BCUT2D eigenvalue weighted by molar-refractivity contribution is 5.76. The Morgan fingerprint density at radius 1 is 0.951 bits per heavy atom. The number of carbonyl (C=O) groups excluding carboxylic acids is 1. The lowest BCUT2D eigenvalue weighted by molar-refractivity contribution is -0.121. The fraction of sp³-hybridized carbons (Fsp3) is 0.649. The molecule has 3 N–H and O–H groups in total. The number of rotatable bonds is 13. The third-order valence-corrected chi connectivity index (χ3v) is 11.1. The van der Waals surface area contributed by atoms with Crippen molar-refractivity contribution in [3.63, 3.8) is 0 Å². The molecule has 3 aliphatic rings. The number of aryl methyl sites for hydroxylation is 2. The van der Waals surface area contributed by atoms with Crippen LogP contribution in [0, 0.1) is 23.2 Å². The van der Waals surface area contributed by atoms with Gasteiger partial charge in [0.05, 0.1) is 6.10 Å². The van der Waals surface area contributed by atoms with Crippen molar-refractivity contribution in [1.82, 2.24) is 5.32 Å². The first kappa shape index (κ1) is 30.1. The van der Waals surface area contributed by atoms with Crippen molar-refractivity contribution in [2.24, 2.45) is 23.2 Å². The van der Waals surface area contributed by atoms with Crippen LogP contribution in [0.1, 0.15) is 119 Å². The Kier molecular flexibility index (Phi) is 10.1. The zero-order valence-electron chi connectivity index (χ0n) is 25.5. The van der Waals surface area contributed by atoms with E-state index in [-0.39, 0.29) is 17.4 Å². The van der Waals surface area contributed by atoms with Crippen LogP contribution in [-0.2, 0) is 24.1 Å². The summed E-state index contributed by atoms with van der Waals surface area (Å²) >= 11 is 0. The van der Waals surface area contributed by atoms with Gasteiger partial charge in [-0.05, 0) is 128 Å². The Hall–Kier alpha value is -2.33. The maximum atomic E-state index is 12.2. The summed E-state index contributed by atoms with van der Waals surface area (Å²) in [5.41, 5.74) is 5.53. The number of phenolic OH excluding ortho intramolecular Hbond substituents is 1. The summed E-state index contributed by atoms with van der Waals surface area (Å²) < 4.78 is 0. The molecule has 2 aromatic rings. The average Bonchev–Trinajstić information content (AvgIpc) is 3.28. The quantitative estimate of drug-likeness (QED) is 0.219. The molecule has 5 rings (SSSR count). The second kappa shape index (κ2) is 13.8. The Bertz CT molecular complexity index is 1140. The molecule has 2 saturated carbocycles. The molecule has 0 heterocycles. The van der Waals surface area contributed by atoms with E-state index in [9.17, 15) is 15.0 Å². The van der Waals surface area contributed by atoms with Crippen LogP contribution in [0.4, 0.5) is 0 Å². The van der Waals surface area contributed by atoms with Crippen molar-refractivity contribution < 1.29 is 15.0 Å². The van der Waals surface area contributed by atoms with E-state index in [0.29, 0.717) is 35.8 Å². The van der Waals surface area contributed by atoms with Crippen molar-refractivity contribution in [1.29, 1.82) is 0 Å². The van der Waals surface area contributed by atoms with Gasteiger partial charge in [0.1, 0.15) is 5.75 Å². The summed E-state index contributed by atoms with van der Waals surface area (Å²) in [5, 5.41) is 24.2. The average molecular weight is 560 g/mol. The second-order valence-electron chi connectivity index (χ2n) is 13.7. The lowest BCUT2D eigenvalue weighted by Gasteiger charge is -2.53. The van der Waals surface area contributed by atoms with Gasteiger partial charge in [-0.1, -0.05) is 69.9 Å². The first-order valence-electron chi connectivity index (χ1n) is 16.7. The fourth-order valence-corrected chi connectivity index (χ4v) is 8.77. The Balaban J connectivity index is 1.11. The molecule has 0 aliphatic heterocycles. The summed E-state index contributed by atoms with van der Waals surface area (Å²) in [5.74, 6) is 3.02. The molecular formula is C37H53NO3. The van der Waals surface area contributed by atoms with Gasteiger partial charge >= 0.3 is 0 Å². The zero-order chi connectivity index (χ0) is 28.8. The van der Waals surface area contributed by atoms with Crippen molar-refractivity contribution in [2.45, 2.75) is 122 Å². The van der Waals surface area contributed by atoms with Gasteiger partial charge in [0.25, 0.3) is 0 Å². The number of aliphatic hydroxyl groups excluding tert-OH is 1. The van der Waals surface area contributed by atoms with E-state index in [0.717, 1.165) is 57.9 Å². The zero-order valence-corrected chi connectivity index (χ0v) is 25.5. The molecule has 6 atom stereocenters. The molecule has 0 bridgehead atoms. The molecule has 0 spiro atoms. The van der Waals surface area contributed by atoms with E-state index in [1.54, 1.807) is 0 Å². The van der Waals surface area contributed by atoms with Gasteiger partial charge in [-0.15, -0.1) is 0 Å². The molecule has 1 amide bonds. The summed E-state index contributed by atoms with van der Waals surface area (Å²) in [4.78, 5) is 12.2. The largest absolute Gasteiger partial charge is 0.508 e. The number of carbonyl (C=O) groups is 1. The Morgan fingerprint density at radius 3 is 2.51 bits per heavy atom. The van der Waals surface area contributed by atoms with Crippen LogP contribution in [0.5, 0.6) is 5.75 Å². The topological polar surface area (TPSA) is 69.6 Å². The van der Waals surface area contributed by atoms with Crippen molar-refractivity contribution in [2.75, 3.05) is 6.54 Å². The third kappa shape index (κ3) is 7.01. The number of fused-ring (bicyclic) bond motifs is 5. The number of aliphatic hydroxyl groups is 1. The third-order valence-electron chi connectivity index (χ3n) is 11.1. The highest BCUT2D eigenvalue weighted by atomic mass is 16.3. The molecule has 224 valence electrons. The van der Waals surface area contributed by atoms with Gasteiger partial charge in [0.2, 0.25) is 5.91 Å². The van der Waals surface area contributed by atoms with E-state index in [1.165, 1.54) is 60.8 Å². The van der Waals surface area contributed by atoms with Gasteiger partial charge in [0.15, 0.2) is 0 Å². The van der Waals surface area contributed by atoms with Crippen LogP contribution in [0.2, 0.25) is 0 Å². The molecule has 3 unspecified atom stereocenters. The van der Waals surface area contributed by atoms with Gasteiger partial charge in [0, 0.05) is 13.0 Å². The molecule has 0 radical (unpaired) electrons. The van der Waals surface area contributed by atoms with Crippen LogP contribution < -0.4 is 5.32 Å². The Labute approximate surface area is 248 Å². The highest BCUT2D eigenvalue weighted by Crippen LogP contribution is 2.62. The molecule has 2 fully saturated rings. The maximum Gasteiger partial charge on any atom is 0.220 e. The predicted molar refractivity (Wildman–Crippen MR) is 167 cm³/mol. The molecule has 0 aromatic heterocycles. The van der Waals surface area contributed by atoms with Crippen LogP contribution in [0.25, 0.3) is 0 Å². The van der Waals surface area contributed by atoms with Crippen LogP contribution in [-0.4, -0.2) is 28.8 Å². The van der Waals surface area contributed by atoms with Crippen LogP contribution >= 0.6 is 0 Å². The SMILES string of the molecule is CCCCCCNC(=O)CCc1ccc(CCCC[C@@H]2Cc3cc(O)ccc3C3CC[C@@]4(C)C(CC[C@@H]4O)C32)cc1. The normalized spacial score (nSPS) is 28.5. The molecule has 0 saturated heterocycles. The first-order valence-corrected chi connectivity index (χ1v) is 16.7.